The van der Waals surface area contributed by atoms with Crippen LogP contribution in [-0.4, -0.2) is 40.8 Å². The molecule has 1 heterocycles. The molecule has 2 aromatic carbocycles. The summed E-state index contributed by atoms with van der Waals surface area (Å²) in [6.45, 7) is 2.51. The lowest BCUT2D eigenvalue weighted by Crippen LogP contribution is -2.45. The first-order valence-corrected chi connectivity index (χ1v) is 12.8. The van der Waals surface area contributed by atoms with Gasteiger partial charge in [-0.3, -0.25) is 14.5 Å². The number of benzene rings is 2. The summed E-state index contributed by atoms with van der Waals surface area (Å²) >= 11 is 1.09. The number of ether oxygens (including phenoxy) is 1. The second kappa shape index (κ2) is 12.8. The van der Waals surface area contributed by atoms with Gasteiger partial charge in [0.05, 0.1) is 18.4 Å². The van der Waals surface area contributed by atoms with E-state index >= 15 is 0 Å². The molecule has 3 rings (SSSR count). The van der Waals surface area contributed by atoms with Gasteiger partial charge < -0.3 is 10.1 Å². The van der Waals surface area contributed by atoms with Gasteiger partial charge in [0, 0.05) is 24.7 Å². The Morgan fingerprint density at radius 2 is 1.89 bits per heavy atom. The molecular weight excluding hydrogens is 491 g/mol. The van der Waals surface area contributed by atoms with Gasteiger partial charge in [0.2, 0.25) is 11.8 Å². The van der Waals surface area contributed by atoms with Crippen LogP contribution in [-0.2, 0) is 15.8 Å². The molecule has 6 nitrogen and oxygen atoms in total. The quantitative estimate of drug-likeness (QED) is 0.356. The number of unbranched alkanes of at least 4 members (excludes halogenated alkanes) is 4. The molecule has 1 saturated heterocycles. The number of nitrogens with zero attached hydrogens (tertiary/aromatic N) is 2. The molecule has 36 heavy (non-hydrogen) atoms. The van der Waals surface area contributed by atoms with Crippen molar-refractivity contribution in [3.8, 4) is 5.75 Å². The average molecular weight is 522 g/mol. The fourth-order valence-electron chi connectivity index (χ4n) is 3.72. The number of carbonyl (C=O) groups excluding carboxylic acids is 2. The maximum atomic E-state index is 13.2. The van der Waals surface area contributed by atoms with Gasteiger partial charge in [0.25, 0.3) is 0 Å². The molecule has 1 atom stereocenters. The number of anilines is 1. The third-order valence-corrected chi connectivity index (χ3v) is 6.84. The summed E-state index contributed by atoms with van der Waals surface area (Å²) in [4.78, 5) is 31.9. The maximum Gasteiger partial charge on any atom is 0.416 e. The van der Waals surface area contributed by atoms with Crippen LogP contribution in [0.15, 0.2) is 53.5 Å². The number of rotatable bonds is 10. The first-order chi connectivity index (χ1) is 17.2. The summed E-state index contributed by atoms with van der Waals surface area (Å²) in [6, 6.07) is 11.5. The molecule has 2 aromatic rings. The average Bonchev–Trinajstić information content (AvgIpc) is 2.84. The molecule has 0 radical (unpaired) electrons. The molecule has 1 aliphatic rings. The van der Waals surface area contributed by atoms with E-state index in [0.717, 1.165) is 56.0 Å². The van der Waals surface area contributed by atoms with Crippen LogP contribution in [0.1, 0.15) is 51.0 Å². The molecule has 0 aromatic heterocycles. The molecule has 0 bridgehead atoms. The summed E-state index contributed by atoms with van der Waals surface area (Å²) in [5.74, 6) is -0.0945. The normalized spacial score (nSPS) is 17.4. The Morgan fingerprint density at radius 3 is 2.61 bits per heavy atom. The number of hydrogen-bond donors (Lipinski definition) is 1. The van der Waals surface area contributed by atoms with Crippen molar-refractivity contribution in [1.29, 1.82) is 0 Å². The van der Waals surface area contributed by atoms with Crippen molar-refractivity contribution in [2.45, 2.75) is 56.9 Å². The number of nitrogens with one attached hydrogen (secondary N) is 1. The van der Waals surface area contributed by atoms with Crippen LogP contribution in [0, 0.1) is 0 Å². The number of alkyl halides is 3. The Kier molecular flexibility index (Phi) is 9.81. The Labute approximate surface area is 213 Å². The van der Waals surface area contributed by atoms with E-state index in [1.807, 2.05) is 0 Å². The van der Waals surface area contributed by atoms with Gasteiger partial charge in [0.15, 0.2) is 5.17 Å². The number of aliphatic imine (C=N–C) groups is 1. The highest BCUT2D eigenvalue weighted by atomic mass is 32.2. The van der Waals surface area contributed by atoms with Gasteiger partial charge in [-0.25, -0.2) is 4.99 Å². The van der Waals surface area contributed by atoms with Gasteiger partial charge in [-0.1, -0.05) is 56.5 Å². The summed E-state index contributed by atoms with van der Waals surface area (Å²) in [6.07, 6.45) is 0.358. The Morgan fingerprint density at radius 1 is 1.14 bits per heavy atom. The van der Waals surface area contributed by atoms with Crippen LogP contribution < -0.4 is 10.1 Å². The predicted octanol–water partition coefficient (Wildman–Crippen LogP) is 6.64. The molecule has 0 saturated carbocycles. The minimum atomic E-state index is -4.51. The smallest absolute Gasteiger partial charge is 0.416 e. The van der Waals surface area contributed by atoms with E-state index in [1.165, 1.54) is 24.1 Å². The van der Waals surface area contributed by atoms with Crippen molar-refractivity contribution in [3.63, 3.8) is 0 Å². The fourth-order valence-corrected chi connectivity index (χ4v) is 4.85. The van der Waals surface area contributed by atoms with E-state index in [-0.39, 0.29) is 29.1 Å². The highest BCUT2D eigenvalue weighted by Crippen LogP contribution is 2.34. The number of amides is 2. The lowest BCUT2D eigenvalue weighted by molar-refractivity contribution is -0.137. The minimum Gasteiger partial charge on any atom is -0.497 e. The van der Waals surface area contributed by atoms with Crippen molar-refractivity contribution in [2.75, 3.05) is 19.0 Å². The fraction of sp³-hybridized carbons (Fsp3) is 0.423. The summed E-state index contributed by atoms with van der Waals surface area (Å²) in [5.41, 5.74) is -0.234. The molecule has 1 aliphatic heterocycles. The third kappa shape index (κ3) is 7.74. The number of halogens is 3. The molecule has 194 valence electrons. The lowest BCUT2D eigenvalue weighted by atomic mass is 10.1. The highest BCUT2D eigenvalue weighted by Gasteiger charge is 2.36. The summed E-state index contributed by atoms with van der Waals surface area (Å²) in [5, 5.41) is 2.24. The molecule has 0 aliphatic carbocycles. The monoisotopic (exact) mass is 521 g/mol. The number of methoxy groups -OCH3 is 1. The highest BCUT2D eigenvalue weighted by molar-refractivity contribution is 8.15. The van der Waals surface area contributed by atoms with Crippen molar-refractivity contribution in [1.82, 2.24) is 4.90 Å². The van der Waals surface area contributed by atoms with Gasteiger partial charge in [-0.05, 0) is 36.8 Å². The zero-order valence-electron chi connectivity index (χ0n) is 20.3. The topological polar surface area (TPSA) is 71.0 Å². The van der Waals surface area contributed by atoms with Crippen LogP contribution >= 0.6 is 11.8 Å². The number of carbonyl (C=O) groups is 2. The van der Waals surface area contributed by atoms with Crippen LogP contribution in [0.3, 0.4) is 0 Å². The van der Waals surface area contributed by atoms with Gasteiger partial charge >= 0.3 is 6.18 Å². The Balaban J connectivity index is 1.82. The first-order valence-electron chi connectivity index (χ1n) is 11.9. The van der Waals surface area contributed by atoms with E-state index in [2.05, 4.69) is 17.2 Å². The van der Waals surface area contributed by atoms with Gasteiger partial charge in [-0.2, -0.15) is 13.2 Å². The lowest BCUT2D eigenvalue weighted by Gasteiger charge is -2.32. The van der Waals surface area contributed by atoms with Crippen molar-refractivity contribution in [2.24, 2.45) is 4.99 Å². The van der Waals surface area contributed by atoms with Crippen LogP contribution in [0.5, 0.6) is 5.75 Å². The molecule has 1 N–H and O–H groups in total. The van der Waals surface area contributed by atoms with Crippen molar-refractivity contribution < 1.29 is 27.5 Å². The van der Waals surface area contributed by atoms with Crippen LogP contribution in [0.4, 0.5) is 24.5 Å². The number of amidine groups is 1. The predicted molar refractivity (Wildman–Crippen MR) is 137 cm³/mol. The van der Waals surface area contributed by atoms with E-state index in [4.69, 9.17) is 4.74 Å². The second-order valence-corrected chi connectivity index (χ2v) is 9.60. The SMILES string of the molecule is CCCCCCCN1C(=O)CC(C(=O)Nc2cccc(OC)c2)SC1=Nc1cccc(C(F)(F)F)c1. The largest absolute Gasteiger partial charge is 0.497 e. The number of thioether (sulfide) groups is 1. The Bertz CT molecular complexity index is 1090. The summed E-state index contributed by atoms with van der Waals surface area (Å²) < 4.78 is 44.8. The van der Waals surface area contributed by atoms with Crippen molar-refractivity contribution in [3.05, 3.63) is 54.1 Å². The standard InChI is InChI=1S/C26H30F3N3O3S/c1-3-4-5-6-7-14-32-23(33)17-22(24(34)30-20-12-9-13-21(16-20)35-2)36-25(32)31-19-11-8-10-18(15-19)26(27,28)29/h8-13,15-16,22H,3-7,14,17H2,1-2H3,(H,30,34). The van der Waals surface area contributed by atoms with E-state index < -0.39 is 17.0 Å². The maximum absolute atomic E-state index is 13.2. The van der Waals surface area contributed by atoms with Crippen molar-refractivity contribution >= 4 is 40.1 Å². The van der Waals surface area contributed by atoms with Gasteiger partial charge in [0.1, 0.15) is 11.0 Å². The van der Waals surface area contributed by atoms with Crippen LogP contribution in [0.25, 0.3) is 0 Å². The molecular formula is C26H30F3N3O3S. The molecule has 10 heteroatoms. The van der Waals surface area contributed by atoms with E-state index in [0.29, 0.717) is 18.0 Å². The second-order valence-electron chi connectivity index (χ2n) is 8.43. The molecule has 1 unspecified atom stereocenters. The first kappa shape index (κ1) is 27.6. The van der Waals surface area contributed by atoms with Gasteiger partial charge in [-0.15, -0.1) is 0 Å². The minimum absolute atomic E-state index is 0.0307. The third-order valence-electron chi connectivity index (χ3n) is 5.65. The molecule has 2 amide bonds. The van der Waals surface area contributed by atoms with E-state index in [1.54, 1.807) is 24.3 Å². The zero-order chi connectivity index (χ0) is 26.1. The van der Waals surface area contributed by atoms with Crippen LogP contribution in [0.2, 0.25) is 0 Å². The van der Waals surface area contributed by atoms with E-state index in [9.17, 15) is 22.8 Å². The molecule has 1 fully saturated rings. The summed E-state index contributed by atoms with van der Waals surface area (Å²) in [7, 11) is 1.52. The number of hydrogen-bond acceptors (Lipinski definition) is 5. The zero-order valence-corrected chi connectivity index (χ0v) is 21.1. The molecule has 0 spiro atoms. The Hall–Kier alpha value is -3.01.